The number of nitrogens with zero attached hydrogens (tertiary/aromatic N) is 2. The summed E-state index contributed by atoms with van der Waals surface area (Å²) >= 11 is 0. The minimum atomic E-state index is 0. The maximum absolute atomic E-state index is 4.00. The average Bonchev–Trinajstić information content (AvgIpc) is 2.32. The maximum atomic E-state index is 4.00. The van der Waals surface area contributed by atoms with Crippen LogP contribution in [0.25, 0.3) is 0 Å². The fraction of sp³-hybridized carbons (Fsp3) is 0.231. The minimum absolute atomic E-state index is 0. The first kappa shape index (κ1) is 12.3. The summed E-state index contributed by atoms with van der Waals surface area (Å²) in [6.45, 7) is 0. The van der Waals surface area contributed by atoms with Gasteiger partial charge in [0, 0.05) is 24.8 Å². The van der Waals surface area contributed by atoms with Gasteiger partial charge in [0.1, 0.15) is 0 Å². The van der Waals surface area contributed by atoms with E-state index < -0.39 is 0 Å². The molecule has 84 valence electrons. The van der Waals surface area contributed by atoms with Gasteiger partial charge in [-0.25, -0.2) is 0 Å². The Hall–Kier alpha value is -1.74. The van der Waals surface area contributed by atoms with Crippen LogP contribution in [-0.2, 0) is 12.8 Å². The summed E-state index contributed by atoms with van der Waals surface area (Å²) in [5.74, 6) is 0. The first-order valence-corrected chi connectivity index (χ1v) is 5.23. The molecule has 2 N–H and O–H groups in total. The SMILES string of the molecule is O.c1cc(CCCc2ccncc2)ccn1. The van der Waals surface area contributed by atoms with Crippen molar-refractivity contribution in [2.75, 3.05) is 0 Å². The molecule has 0 aliphatic heterocycles. The van der Waals surface area contributed by atoms with Gasteiger partial charge in [-0.2, -0.15) is 0 Å². The van der Waals surface area contributed by atoms with Crippen LogP contribution in [0.15, 0.2) is 49.1 Å². The lowest BCUT2D eigenvalue weighted by Crippen LogP contribution is -1.90. The number of hydrogen-bond donors (Lipinski definition) is 0. The summed E-state index contributed by atoms with van der Waals surface area (Å²) in [4.78, 5) is 8.01. The van der Waals surface area contributed by atoms with Crippen LogP contribution in [0.3, 0.4) is 0 Å². The van der Waals surface area contributed by atoms with Gasteiger partial charge < -0.3 is 5.48 Å². The van der Waals surface area contributed by atoms with Crippen LogP contribution in [0.2, 0.25) is 0 Å². The van der Waals surface area contributed by atoms with Crippen LogP contribution < -0.4 is 0 Å². The highest BCUT2D eigenvalue weighted by molar-refractivity contribution is 5.12. The molecular weight excluding hydrogens is 200 g/mol. The van der Waals surface area contributed by atoms with Crippen molar-refractivity contribution in [3.05, 3.63) is 60.2 Å². The van der Waals surface area contributed by atoms with Crippen LogP contribution in [0.1, 0.15) is 17.5 Å². The molecule has 16 heavy (non-hydrogen) atoms. The molecule has 0 unspecified atom stereocenters. The molecule has 0 aliphatic rings. The molecule has 0 atom stereocenters. The van der Waals surface area contributed by atoms with Gasteiger partial charge in [-0.15, -0.1) is 0 Å². The second-order valence-electron chi connectivity index (χ2n) is 3.56. The molecule has 2 rings (SSSR count). The zero-order valence-corrected chi connectivity index (χ0v) is 9.13. The number of aromatic nitrogens is 2. The van der Waals surface area contributed by atoms with E-state index in [0.29, 0.717) is 0 Å². The molecule has 0 saturated heterocycles. The van der Waals surface area contributed by atoms with Gasteiger partial charge in [-0.3, -0.25) is 9.97 Å². The maximum Gasteiger partial charge on any atom is 0.0270 e. The van der Waals surface area contributed by atoms with E-state index in [1.54, 1.807) is 0 Å². The van der Waals surface area contributed by atoms with Crippen molar-refractivity contribution in [1.82, 2.24) is 9.97 Å². The molecule has 0 fully saturated rings. The van der Waals surface area contributed by atoms with E-state index in [9.17, 15) is 0 Å². The summed E-state index contributed by atoms with van der Waals surface area (Å²) < 4.78 is 0. The summed E-state index contributed by atoms with van der Waals surface area (Å²) in [5, 5.41) is 0. The van der Waals surface area contributed by atoms with Crippen LogP contribution >= 0.6 is 0 Å². The number of rotatable bonds is 4. The van der Waals surface area contributed by atoms with Gasteiger partial charge in [0.05, 0.1) is 0 Å². The van der Waals surface area contributed by atoms with Crippen molar-refractivity contribution < 1.29 is 5.48 Å². The normalized spacial score (nSPS) is 9.50. The molecule has 3 heteroatoms. The molecular formula is C13H16N2O. The zero-order valence-electron chi connectivity index (χ0n) is 9.13. The third kappa shape index (κ3) is 3.79. The predicted octanol–water partition coefficient (Wildman–Crippen LogP) is 1.83. The Morgan fingerprint density at radius 2 is 1.06 bits per heavy atom. The summed E-state index contributed by atoms with van der Waals surface area (Å²) in [7, 11) is 0. The number of pyridine rings is 2. The minimum Gasteiger partial charge on any atom is -0.412 e. The van der Waals surface area contributed by atoms with E-state index in [2.05, 4.69) is 34.2 Å². The lowest BCUT2D eigenvalue weighted by Gasteiger charge is -2.01. The monoisotopic (exact) mass is 216 g/mol. The second kappa shape index (κ2) is 6.69. The summed E-state index contributed by atoms with van der Waals surface area (Å²) in [5.41, 5.74) is 2.72. The lowest BCUT2D eigenvalue weighted by molar-refractivity contribution is 0.818. The van der Waals surface area contributed by atoms with Crippen LogP contribution in [-0.4, -0.2) is 15.4 Å². The molecule has 2 aromatic rings. The van der Waals surface area contributed by atoms with Crippen molar-refractivity contribution in [3.63, 3.8) is 0 Å². The average molecular weight is 216 g/mol. The van der Waals surface area contributed by atoms with Gasteiger partial charge in [0.2, 0.25) is 0 Å². The molecule has 0 aliphatic carbocycles. The van der Waals surface area contributed by atoms with Gasteiger partial charge >= 0.3 is 0 Å². The lowest BCUT2D eigenvalue weighted by atomic mass is 10.1. The Morgan fingerprint density at radius 3 is 1.44 bits per heavy atom. The van der Waals surface area contributed by atoms with Gasteiger partial charge in [-0.05, 0) is 54.7 Å². The molecule has 3 nitrogen and oxygen atoms in total. The van der Waals surface area contributed by atoms with Crippen molar-refractivity contribution in [3.8, 4) is 0 Å². The van der Waals surface area contributed by atoms with Crippen LogP contribution in [0, 0.1) is 0 Å². The third-order valence-corrected chi connectivity index (χ3v) is 2.43. The van der Waals surface area contributed by atoms with Crippen LogP contribution in [0.4, 0.5) is 0 Å². The zero-order chi connectivity index (χ0) is 10.3. The van der Waals surface area contributed by atoms with Crippen LogP contribution in [0.5, 0.6) is 0 Å². The first-order chi connectivity index (χ1) is 7.45. The van der Waals surface area contributed by atoms with Crippen molar-refractivity contribution >= 4 is 0 Å². The summed E-state index contributed by atoms with van der Waals surface area (Å²) in [6.07, 6.45) is 10.8. The van der Waals surface area contributed by atoms with E-state index in [1.165, 1.54) is 17.5 Å². The highest BCUT2D eigenvalue weighted by Crippen LogP contribution is 2.06. The predicted molar refractivity (Wildman–Crippen MR) is 64.1 cm³/mol. The quantitative estimate of drug-likeness (QED) is 0.782. The largest absolute Gasteiger partial charge is 0.412 e. The van der Waals surface area contributed by atoms with Crippen molar-refractivity contribution in [1.29, 1.82) is 0 Å². The Bertz CT molecular complexity index is 350. The fourth-order valence-corrected chi connectivity index (χ4v) is 1.60. The molecule has 0 amide bonds. The molecule has 0 spiro atoms. The van der Waals surface area contributed by atoms with E-state index in [4.69, 9.17) is 0 Å². The third-order valence-electron chi connectivity index (χ3n) is 2.43. The Kier molecular flexibility index (Phi) is 5.16. The van der Waals surface area contributed by atoms with E-state index in [1.807, 2.05) is 24.8 Å². The molecule has 0 radical (unpaired) electrons. The van der Waals surface area contributed by atoms with Crippen molar-refractivity contribution in [2.24, 2.45) is 0 Å². The number of hydrogen-bond acceptors (Lipinski definition) is 2. The Balaban J connectivity index is 0.00000128. The van der Waals surface area contributed by atoms with E-state index in [-0.39, 0.29) is 5.48 Å². The molecule has 0 bridgehead atoms. The topological polar surface area (TPSA) is 57.3 Å². The molecule has 2 heterocycles. The highest BCUT2D eigenvalue weighted by Gasteiger charge is 1.94. The Labute approximate surface area is 95.5 Å². The van der Waals surface area contributed by atoms with Crippen molar-refractivity contribution in [2.45, 2.75) is 19.3 Å². The highest BCUT2D eigenvalue weighted by atomic mass is 16.0. The molecule has 0 saturated carbocycles. The van der Waals surface area contributed by atoms with E-state index >= 15 is 0 Å². The van der Waals surface area contributed by atoms with Gasteiger partial charge in [0.15, 0.2) is 0 Å². The molecule has 0 aromatic carbocycles. The first-order valence-electron chi connectivity index (χ1n) is 5.23. The Morgan fingerprint density at radius 1 is 0.688 bits per heavy atom. The van der Waals surface area contributed by atoms with E-state index in [0.717, 1.165) is 12.8 Å². The number of aryl methyl sites for hydroxylation is 2. The molecule has 2 aromatic heterocycles. The second-order valence-corrected chi connectivity index (χ2v) is 3.56. The fourth-order valence-electron chi connectivity index (χ4n) is 1.60. The summed E-state index contributed by atoms with van der Waals surface area (Å²) in [6, 6.07) is 8.30. The standard InChI is InChI=1S/C13H14N2.H2O/c1(2-12-4-8-14-9-5-12)3-13-6-10-15-11-7-13;/h4-11H,1-3H2;1H2. The smallest absolute Gasteiger partial charge is 0.0270 e. The van der Waals surface area contributed by atoms with Gasteiger partial charge in [-0.1, -0.05) is 0 Å². The van der Waals surface area contributed by atoms with Gasteiger partial charge in [0.25, 0.3) is 0 Å².